The van der Waals surface area contributed by atoms with Crippen LogP contribution in [0.25, 0.3) is 0 Å². The summed E-state index contributed by atoms with van der Waals surface area (Å²) >= 11 is 2.46. The van der Waals surface area contributed by atoms with Crippen LogP contribution in [0.5, 0.6) is 0 Å². The molecule has 0 aliphatic carbocycles. The van der Waals surface area contributed by atoms with Crippen LogP contribution in [-0.4, -0.2) is 4.92 Å². The van der Waals surface area contributed by atoms with Crippen molar-refractivity contribution in [2.24, 2.45) is 0 Å². The summed E-state index contributed by atoms with van der Waals surface area (Å²) in [6.07, 6.45) is 0. The van der Waals surface area contributed by atoms with Crippen LogP contribution in [0.15, 0.2) is 24.3 Å². The summed E-state index contributed by atoms with van der Waals surface area (Å²) in [5.74, 6) is 0. The highest BCUT2D eigenvalue weighted by Gasteiger charge is 2.16. The Balaban J connectivity index is 3.17. The molecule has 12 heavy (non-hydrogen) atoms. The average Bonchev–Trinajstić information content (AvgIpc) is 2.04. The molecule has 0 saturated heterocycles. The van der Waals surface area contributed by atoms with Gasteiger partial charge in [-0.2, -0.15) is 0 Å². The molecule has 0 radical (unpaired) electrons. The lowest BCUT2D eigenvalue weighted by Gasteiger charge is -2.03. The van der Waals surface area contributed by atoms with Crippen LogP contribution in [0.2, 0.25) is 0 Å². The van der Waals surface area contributed by atoms with E-state index in [2.05, 4.69) is 16.1 Å². The largest absolute Gasteiger partial charge is 0.296 e. The third kappa shape index (κ3) is 1.70. The van der Waals surface area contributed by atoms with Gasteiger partial charge in [-0.3, -0.25) is 10.1 Å². The molecule has 0 aliphatic rings. The molecule has 0 heterocycles. The Kier molecular flexibility index (Phi) is 2.59. The SMILES string of the molecule is O=[N+]([O-])c1ccccc1N(F)Br. The van der Waals surface area contributed by atoms with Crippen molar-refractivity contribution in [3.63, 3.8) is 0 Å². The van der Waals surface area contributed by atoms with E-state index in [-0.39, 0.29) is 15.5 Å². The molecule has 0 unspecified atom stereocenters. The predicted molar refractivity (Wildman–Crippen MR) is 45.6 cm³/mol. The van der Waals surface area contributed by atoms with Crippen LogP contribution in [0.1, 0.15) is 0 Å². The van der Waals surface area contributed by atoms with Crippen LogP contribution in [-0.2, 0) is 0 Å². The molecular weight excluding hydrogens is 231 g/mol. The van der Waals surface area contributed by atoms with E-state index in [0.29, 0.717) is 0 Å². The molecule has 0 spiro atoms. The normalized spacial score (nSPS) is 9.50. The standard InChI is InChI=1S/C6H4BrFN2O2/c7-9(8)5-3-1-2-4-6(5)10(11)12/h1-4H. The minimum atomic E-state index is -0.650. The van der Waals surface area contributed by atoms with Gasteiger partial charge in [0.2, 0.25) is 0 Å². The molecule has 0 bridgehead atoms. The molecule has 0 atom stereocenters. The maximum atomic E-state index is 12.5. The number of para-hydroxylation sites is 2. The van der Waals surface area contributed by atoms with Gasteiger partial charge < -0.3 is 0 Å². The second kappa shape index (κ2) is 3.48. The number of nitrogens with zero attached hydrogens (tertiary/aromatic N) is 2. The number of rotatable bonds is 2. The Morgan fingerprint density at radius 2 is 2.08 bits per heavy atom. The number of hydrogen-bond donors (Lipinski definition) is 0. The second-order valence-electron chi connectivity index (χ2n) is 1.98. The number of hydrogen-bond acceptors (Lipinski definition) is 3. The first-order valence-corrected chi connectivity index (χ1v) is 3.69. The molecule has 1 aromatic carbocycles. The number of anilines is 1. The lowest BCUT2D eigenvalue weighted by molar-refractivity contribution is -0.384. The monoisotopic (exact) mass is 234 g/mol. The lowest BCUT2D eigenvalue weighted by Crippen LogP contribution is -1.98. The minimum Gasteiger partial charge on any atom is -0.258 e. The molecule has 0 aliphatic heterocycles. The maximum Gasteiger partial charge on any atom is 0.296 e. The molecule has 0 aromatic heterocycles. The number of nitro benzene ring substituents is 1. The van der Waals surface area contributed by atoms with E-state index >= 15 is 0 Å². The van der Waals surface area contributed by atoms with E-state index in [4.69, 9.17) is 0 Å². The number of halogens is 2. The van der Waals surface area contributed by atoms with Crippen molar-refractivity contribution >= 4 is 27.5 Å². The zero-order valence-corrected chi connectivity index (χ0v) is 7.36. The fraction of sp³-hybridized carbons (Fsp3) is 0. The van der Waals surface area contributed by atoms with Gasteiger partial charge >= 0.3 is 0 Å². The van der Waals surface area contributed by atoms with Crippen molar-refractivity contribution < 1.29 is 9.40 Å². The van der Waals surface area contributed by atoms with Gasteiger partial charge in [-0.1, -0.05) is 16.6 Å². The van der Waals surface area contributed by atoms with E-state index in [1.165, 1.54) is 24.3 Å². The van der Waals surface area contributed by atoms with Gasteiger partial charge in [-0.15, -0.1) is 4.15 Å². The molecule has 6 heteroatoms. The lowest BCUT2D eigenvalue weighted by atomic mass is 10.3. The summed E-state index contributed by atoms with van der Waals surface area (Å²) in [4.78, 5) is 9.67. The second-order valence-corrected chi connectivity index (χ2v) is 2.60. The Bertz CT molecular complexity index is 305. The van der Waals surface area contributed by atoms with Crippen molar-refractivity contribution in [3.05, 3.63) is 34.4 Å². The summed E-state index contributed by atoms with van der Waals surface area (Å²) in [5.41, 5.74) is -0.403. The molecule has 4 nitrogen and oxygen atoms in total. The van der Waals surface area contributed by atoms with E-state index in [0.717, 1.165) is 0 Å². The summed E-state index contributed by atoms with van der Waals surface area (Å²) in [6.45, 7) is 0. The van der Waals surface area contributed by atoms with E-state index in [9.17, 15) is 14.6 Å². The molecule has 0 amide bonds. The van der Waals surface area contributed by atoms with Crippen LogP contribution in [0, 0.1) is 10.1 Å². The van der Waals surface area contributed by atoms with Gasteiger partial charge in [0, 0.05) is 6.07 Å². The average molecular weight is 235 g/mol. The maximum absolute atomic E-state index is 12.5. The molecular formula is C6H4BrFN2O2. The van der Waals surface area contributed by atoms with E-state index < -0.39 is 4.92 Å². The summed E-state index contributed by atoms with van der Waals surface area (Å²) in [6, 6.07) is 5.50. The zero-order chi connectivity index (χ0) is 9.14. The fourth-order valence-electron chi connectivity index (χ4n) is 0.761. The van der Waals surface area contributed by atoms with Crippen LogP contribution in [0.4, 0.5) is 15.9 Å². The third-order valence-corrected chi connectivity index (χ3v) is 1.64. The molecule has 0 saturated carbocycles. The first-order valence-electron chi connectivity index (χ1n) is 2.98. The van der Waals surface area contributed by atoms with Gasteiger partial charge in [-0.25, -0.2) is 0 Å². The van der Waals surface area contributed by atoms with Gasteiger partial charge in [-0.05, 0) is 6.07 Å². The van der Waals surface area contributed by atoms with Crippen molar-refractivity contribution in [2.75, 3.05) is 4.15 Å². The predicted octanol–water partition coefficient (Wildman–Crippen LogP) is 2.60. The quantitative estimate of drug-likeness (QED) is 0.449. The Labute approximate surface area is 76.0 Å². The summed E-state index contributed by atoms with van der Waals surface area (Å²) < 4.78 is 12.5. The van der Waals surface area contributed by atoms with Crippen molar-refractivity contribution in [2.45, 2.75) is 0 Å². The summed E-state index contributed by atoms with van der Waals surface area (Å²) in [7, 11) is 0. The highest BCUT2D eigenvalue weighted by atomic mass is 79.9. The molecule has 0 fully saturated rings. The fourth-order valence-corrected chi connectivity index (χ4v) is 1.06. The zero-order valence-electron chi connectivity index (χ0n) is 5.78. The number of nitro groups is 1. The molecule has 1 aromatic rings. The van der Waals surface area contributed by atoms with E-state index in [1.54, 1.807) is 0 Å². The Morgan fingerprint density at radius 1 is 1.50 bits per heavy atom. The van der Waals surface area contributed by atoms with Gasteiger partial charge in [0.15, 0.2) is 5.69 Å². The first-order chi connectivity index (χ1) is 5.63. The number of benzene rings is 1. The minimum absolute atomic E-state index is 0.0329. The van der Waals surface area contributed by atoms with Crippen LogP contribution < -0.4 is 4.15 Å². The van der Waals surface area contributed by atoms with Crippen molar-refractivity contribution in [3.8, 4) is 0 Å². The van der Waals surface area contributed by atoms with E-state index in [1.807, 2.05) is 0 Å². The van der Waals surface area contributed by atoms with Crippen LogP contribution >= 0.6 is 16.1 Å². The highest BCUT2D eigenvalue weighted by Crippen LogP contribution is 2.29. The van der Waals surface area contributed by atoms with Gasteiger partial charge in [0.25, 0.3) is 5.69 Å². The van der Waals surface area contributed by atoms with Crippen molar-refractivity contribution in [1.29, 1.82) is 0 Å². The Hall–Kier alpha value is -1.17. The molecule has 64 valence electrons. The van der Waals surface area contributed by atoms with Crippen molar-refractivity contribution in [1.82, 2.24) is 0 Å². The van der Waals surface area contributed by atoms with Gasteiger partial charge in [0.1, 0.15) is 0 Å². The van der Waals surface area contributed by atoms with Crippen LogP contribution in [0.3, 0.4) is 0 Å². The Morgan fingerprint density at radius 3 is 2.50 bits per heavy atom. The molecule has 0 N–H and O–H groups in total. The summed E-state index contributed by atoms with van der Waals surface area (Å²) in [5, 5.41) is 10.3. The third-order valence-electron chi connectivity index (χ3n) is 1.26. The highest BCUT2D eigenvalue weighted by molar-refractivity contribution is 9.10. The van der Waals surface area contributed by atoms with Gasteiger partial charge in [0.05, 0.1) is 21.1 Å². The molecule has 1 rings (SSSR count). The first kappa shape index (κ1) is 8.92. The topological polar surface area (TPSA) is 46.4 Å². The smallest absolute Gasteiger partial charge is 0.258 e.